The van der Waals surface area contributed by atoms with Gasteiger partial charge in [0.2, 0.25) is 0 Å². The molecule has 2 bridgehead atoms. The fraction of sp³-hybridized carbons (Fsp3) is 0.889. The maximum absolute atomic E-state index is 10.9. The first-order chi connectivity index (χ1) is 6.96. The number of aliphatic carboxylic acids is 1. The van der Waals surface area contributed by atoms with Crippen molar-refractivity contribution in [1.29, 1.82) is 0 Å². The summed E-state index contributed by atoms with van der Waals surface area (Å²) in [5.74, 6) is -2.59. The molecule has 3 unspecified atom stereocenters. The van der Waals surface area contributed by atoms with Gasteiger partial charge in [0, 0.05) is 6.04 Å². The van der Waals surface area contributed by atoms with E-state index in [-0.39, 0.29) is 0 Å². The second kappa shape index (κ2) is 3.41. The molecule has 0 spiro atoms. The number of carbonyl (C=O) groups is 1. The predicted molar refractivity (Wildman–Crippen MR) is 48.9 cm³/mol. The van der Waals surface area contributed by atoms with Crippen LogP contribution < -0.4 is 5.32 Å². The predicted octanol–water partition coefficient (Wildman–Crippen LogP) is -1.75. The quantitative estimate of drug-likeness (QED) is 0.356. The summed E-state index contributed by atoms with van der Waals surface area (Å²) in [4.78, 5) is 10.9. The summed E-state index contributed by atoms with van der Waals surface area (Å²) in [5, 5.41) is 41.0. The maximum atomic E-state index is 10.9. The van der Waals surface area contributed by atoms with Crippen LogP contribution in [0.3, 0.4) is 0 Å². The van der Waals surface area contributed by atoms with Gasteiger partial charge in [-0.3, -0.25) is 10.1 Å². The summed E-state index contributed by atoms with van der Waals surface area (Å²) >= 11 is 0. The Kier molecular flexibility index (Phi) is 2.46. The molecule has 5 atom stereocenters. The lowest BCUT2D eigenvalue weighted by Gasteiger charge is -2.50. The van der Waals surface area contributed by atoms with Crippen LogP contribution in [0.4, 0.5) is 0 Å². The van der Waals surface area contributed by atoms with E-state index in [2.05, 4.69) is 5.32 Å². The topological polar surface area (TPSA) is 110 Å². The van der Waals surface area contributed by atoms with Gasteiger partial charge >= 0.3 is 5.97 Å². The van der Waals surface area contributed by atoms with Gasteiger partial charge in [-0.25, -0.2) is 0 Å². The molecule has 0 aromatic carbocycles. The van der Waals surface area contributed by atoms with Gasteiger partial charge in [0.25, 0.3) is 0 Å². The number of rotatable bonds is 1. The third kappa shape index (κ3) is 1.53. The van der Waals surface area contributed by atoms with E-state index in [1.807, 2.05) is 0 Å². The number of aliphatic hydroxyl groups is 3. The molecule has 2 rings (SSSR count). The van der Waals surface area contributed by atoms with Crippen LogP contribution in [0.2, 0.25) is 0 Å². The van der Waals surface area contributed by atoms with Crippen molar-refractivity contribution in [2.24, 2.45) is 5.92 Å². The molecule has 6 heteroatoms. The summed E-state index contributed by atoms with van der Waals surface area (Å²) in [5.41, 5.74) is -1.56. The Morgan fingerprint density at radius 1 is 1.40 bits per heavy atom. The molecule has 2 fully saturated rings. The molecular weight excluding hydrogens is 202 g/mol. The Morgan fingerprint density at radius 2 is 2.07 bits per heavy atom. The van der Waals surface area contributed by atoms with Crippen molar-refractivity contribution in [1.82, 2.24) is 5.32 Å². The van der Waals surface area contributed by atoms with Gasteiger partial charge in [0.15, 0.2) is 0 Å². The van der Waals surface area contributed by atoms with E-state index < -0.39 is 35.9 Å². The Bertz CT molecular complexity index is 284. The van der Waals surface area contributed by atoms with Crippen molar-refractivity contribution in [3.05, 3.63) is 0 Å². The smallest absolute Gasteiger partial charge is 0.312 e. The van der Waals surface area contributed by atoms with Crippen LogP contribution >= 0.6 is 0 Å². The van der Waals surface area contributed by atoms with Gasteiger partial charge in [-0.15, -0.1) is 0 Å². The zero-order valence-corrected chi connectivity index (χ0v) is 8.13. The molecule has 2 heterocycles. The highest BCUT2D eigenvalue weighted by molar-refractivity contribution is 5.72. The Balaban J connectivity index is 2.30. The molecule has 2 aliphatic heterocycles. The standard InChI is InChI=1S/C9H15NO5/c11-6-4-2-1-3-9(15,10-4)7(12)5(6)8(13)14/h4-7,10-12,15H,1-3H2,(H,13,14)/t4?,5-,6?,7?,9-/m1/s1. The first-order valence-electron chi connectivity index (χ1n) is 5.05. The van der Waals surface area contributed by atoms with E-state index in [0.717, 1.165) is 0 Å². The van der Waals surface area contributed by atoms with Crippen LogP contribution in [0.25, 0.3) is 0 Å². The Labute approximate surface area is 86.5 Å². The minimum absolute atomic E-state index is 0.307. The number of hydrogen-bond acceptors (Lipinski definition) is 5. The van der Waals surface area contributed by atoms with E-state index in [9.17, 15) is 20.1 Å². The van der Waals surface area contributed by atoms with Crippen molar-refractivity contribution in [3.8, 4) is 0 Å². The molecule has 5 N–H and O–H groups in total. The monoisotopic (exact) mass is 217 g/mol. The second-order valence-electron chi connectivity index (χ2n) is 4.37. The minimum atomic E-state index is -1.56. The molecule has 0 aliphatic carbocycles. The number of carboxylic acids is 1. The van der Waals surface area contributed by atoms with Crippen LogP contribution in [0, 0.1) is 5.92 Å². The number of aliphatic hydroxyl groups excluding tert-OH is 2. The fourth-order valence-electron chi connectivity index (χ4n) is 2.56. The molecule has 0 aromatic rings. The first-order valence-corrected chi connectivity index (χ1v) is 5.05. The lowest BCUT2D eigenvalue weighted by atomic mass is 9.74. The van der Waals surface area contributed by atoms with Crippen LogP contribution in [-0.4, -0.2) is 50.4 Å². The van der Waals surface area contributed by atoms with Gasteiger partial charge < -0.3 is 20.4 Å². The van der Waals surface area contributed by atoms with Crippen LogP contribution in [0.15, 0.2) is 0 Å². The van der Waals surface area contributed by atoms with E-state index in [1.165, 1.54) is 0 Å². The number of piperidine rings is 2. The molecule has 0 radical (unpaired) electrons. The normalized spacial score (nSPS) is 50.1. The molecule has 6 nitrogen and oxygen atoms in total. The van der Waals surface area contributed by atoms with Crippen molar-refractivity contribution >= 4 is 5.97 Å². The zero-order chi connectivity index (χ0) is 11.2. The summed E-state index contributed by atoms with van der Waals surface area (Å²) in [6.07, 6.45) is -1.05. The minimum Gasteiger partial charge on any atom is -0.481 e. The maximum Gasteiger partial charge on any atom is 0.312 e. The lowest BCUT2D eigenvalue weighted by molar-refractivity contribution is -0.211. The third-order valence-electron chi connectivity index (χ3n) is 3.40. The number of hydrogen-bond donors (Lipinski definition) is 5. The summed E-state index contributed by atoms with van der Waals surface area (Å²) in [6, 6.07) is -0.451. The van der Waals surface area contributed by atoms with Crippen LogP contribution in [-0.2, 0) is 4.79 Å². The van der Waals surface area contributed by atoms with Gasteiger partial charge in [-0.05, 0) is 19.3 Å². The SMILES string of the molecule is O=C(O)[C@@H]1C(O)C2CCC[C@](O)(N2)C1O. The lowest BCUT2D eigenvalue weighted by Crippen LogP contribution is -2.73. The third-order valence-corrected chi connectivity index (χ3v) is 3.40. The van der Waals surface area contributed by atoms with Crippen molar-refractivity contribution in [2.45, 2.75) is 43.2 Å². The summed E-state index contributed by atoms with van der Waals surface area (Å²) in [6.45, 7) is 0. The van der Waals surface area contributed by atoms with Gasteiger partial charge in [-0.1, -0.05) is 0 Å². The molecule has 0 amide bonds. The average Bonchev–Trinajstić information content (AvgIpc) is 2.15. The fourth-order valence-corrected chi connectivity index (χ4v) is 2.56. The average molecular weight is 217 g/mol. The largest absolute Gasteiger partial charge is 0.481 e. The molecule has 0 saturated carbocycles. The molecule has 2 aliphatic rings. The highest BCUT2D eigenvalue weighted by Crippen LogP contribution is 2.36. The highest BCUT2D eigenvalue weighted by Gasteiger charge is 2.55. The molecule has 15 heavy (non-hydrogen) atoms. The number of fused-ring (bicyclic) bond motifs is 2. The van der Waals surface area contributed by atoms with Crippen molar-refractivity contribution in [2.75, 3.05) is 0 Å². The van der Waals surface area contributed by atoms with Crippen molar-refractivity contribution in [3.63, 3.8) is 0 Å². The Hall–Kier alpha value is -0.690. The van der Waals surface area contributed by atoms with Crippen molar-refractivity contribution < 1.29 is 25.2 Å². The van der Waals surface area contributed by atoms with E-state index >= 15 is 0 Å². The summed E-state index contributed by atoms with van der Waals surface area (Å²) < 4.78 is 0. The summed E-state index contributed by atoms with van der Waals surface area (Å²) in [7, 11) is 0. The van der Waals surface area contributed by atoms with Gasteiger partial charge in [0.05, 0.1) is 6.10 Å². The molecule has 2 saturated heterocycles. The molecular formula is C9H15NO5. The number of nitrogens with one attached hydrogen (secondary N) is 1. The van der Waals surface area contributed by atoms with E-state index in [0.29, 0.717) is 19.3 Å². The van der Waals surface area contributed by atoms with E-state index in [4.69, 9.17) is 5.11 Å². The van der Waals surface area contributed by atoms with Crippen LogP contribution in [0.1, 0.15) is 19.3 Å². The highest BCUT2D eigenvalue weighted by atomic mass is 16.4. The molecule has 86 valence electrons. The number of carboxylic acid groups (broad SMARTS) is 1. The van der Waals surface area contributed by atoms with Gasteiger partial charge in [-0.2, -0.15) is 0 Å². The Morgan fingerprint density at radius 3 is 2.67 bits per heavy atom. The van der Waals surface area contributed by atoms with E-state index in [1.54, 1.807) is 0 Å². The second-order valence-corrected chi connectivity index (χ2v) is 4.37. The van der Waals surface area contributed by atoms with Gasteiger partial charge in [0.1, 0.15) is 17.7 Å². The van der Waals surface area contributed by atoms with Crippen LogP contribution in [0.5, 0.6) is 0 Å². The first kappa shape index (κ1) is 10.8. The molecule has 0 aromatic heterocycles. The zero-order valence-electron chi connectivity index (χ0n) is 8.13.